The lowest BCUT2D eigenvalue weighted by Gasteiger charge is -2.14. The first-order valence-electron chi connectivity index (χ1n) is 4.66. The number of amides is 1. The highest BCUT2D eigenvalue weighted by Gasteiger charge is 2.16. The Morgan fingerprint density at radius 3 is 3.00 bits per heavy atom. The molecule has 1 atom stereocenters. The van der Waals surface area contributed by atoms with Gasteiger partial charge in [-0.05, 0) is 30.8 Å². The molecular formula is C11H11ClN2O. The Bertz CT molecular complexity index is 429. The summed E-state index contributed by atoms with van der Waals surface area (Å²) in [6.45, 7) is 0. The van der Waals surface area contributed by atoms with Gasteiger partial charge in [-0.3, -0.25) is 4.79 Å². The van der Waals surface area contributed by atoms with Gasteiger partial charge in [-0.1, -0.05) is 17.7 Å². The van der Waals surface area contributed by atoms with Gasteiger partial charge in [0.2, 0.25) is 5.91 Å². The second-order valence-electron chi connectivity index (χ2n) is 3.35. The van der Waals surface area contributed by atoms with E-state index in [0.717, 1.165) is 11.3 Å². The molecule has 0 spiro atoms. The summed E-state index contributed by atoms with van der Waals surface area (Å²) in [6, 6.07) is 5.44. The van der Waals surface area contributed by atoms with Crippen molar-refractivity contribution in [1.82, 2.24) is 5.32 Å². The molecule has 0 radical (unpaired) electrons. The standard InChI is InChI=1S/C11H11ClN2O/c1-13-9-4-5-11(15)14-10-3-2-7(12)6-8(9)10/h2-6,9,13H,1H3,(H,14,15). The van der Waals surface area contributed by atoms with E-state index in [1.807, 2.05) is 25.3 Å². The summed E-state index contributed by atoms with van der Waals surface area (Å²) < 4.78 is 0. The molecule has 0 bridgehead atoms. The van der Waals surface area contributed by atoms with Gasteiger partial charge >= 0.3 is 0 Å². The van der Waals surface area contributed by atoms with Crippen LogP contribution in [-0.4, -0.2) is 13.0 Å². The molecule has 0 saturated heterocycles. The number of likely N-dealkylation sites (N-methyl/N-ethyl adjacent to an activating group) is 1. The number of carbonyl (C=O) groups is 1. The molecule has 0 saturated carbocycles. The number of hydrogen-bond donors (Lipinski definition) is 2. The number of benzene rings is 1. The second kappa shape index (κ2) is 4.04. The van der Waals surface area contributed by atoms with Crippen LogP contribution in [0, 0.1) is 0 Å². The predicted molar refractivity (Wildman–Crippen MR) is 61.0 cm³/mol. The van der Waals surface area contributed by atoms with E-state index in [0.29, 0.717) is 5.02 Å². The molecule has 2 N–H and O–H groups in total. The first-order valence-corrected chi connectivity index (χ1v) is 5.04. The van der Waals surface area contributed by atoms with Gasteiger partial charge in [0.05, 0.1) is 6.04 Å². The third-order valence-electron chi connectivity index (χ3n) is 2.36. The average molecular weight is 223 g/mol. The summed E-state index contributed by atoms with van der Waals surface area (Å²) in [7, 11) is 1.84. The van der Waals surface area contributed by atoms with E-state index in [9.17, 15) is 4.79 Å². The fourth-order valence-corrected chi connectivity index (χ4v) is 1.80. The highest BCUT2D eigenvalue weighted by molar-refractivity contribution is 6.30. The number of fused-ring (bicyclic) bond motifs is 1. The van der Waals surface area contributed by atoms with Gasteiger partial charge in [0.1, 0.15) is 0 Å². The number of carbonyl (C=O) groups excluding carboxylic acids is 1. The molecule has 4 heteroatoms. The molecule has 1 unspecified atom stereocenters. The summed E-state index contributed by atoms with van der Waals surface area (Å²) in [4.78, 5) is 11.3. The Morgan fingerprint density at radius 2 is 2.27 bits per heavy atom. The zero-order chi connectivity index (χ0) is 10.8. The van der Waals surface area contributed by atoms with Gasteiger partial charge in [-0.25, -0.2) is 0 Å². The number of hydrogen-bond acceptors (Lipinski definition) is 2. The minimum atomic E-state index is -0.115. The van der Waals surface area contributed by atoms with Crippen molar-refractivity contribution >= 4 is 23.2 Å². The molecule has 0 aliphatic carbocycles. The van der Waals surface area contributed by atoms with E-state index in [-0.39, 0.29) is 11.9 Å². The minimum absolute atomic E-state index is 0.0117. The monoisotopic (exact) mass is 222 g/mol. The van der Waals surface area contributed by atoms with Crippen LogP contribution in [0.2, 0.25) is 5.02 Å². The molecule has 0 fully saturated rings. The predicted octanol–water partition coefficient (Wildman–Crippen LogP) is 2.11. The summed E-state index contributed by atoms with van der Waals surface area (Å²) in [5.74, 6) is -0.115. The highest BCUT2D eigenvalue weighted by Crippen LogP contribution is 2.28. The fourth-order valence-electron chi connectivity index (χ4n) is 1.62. The Hall–Kier alpha value is -1.32. The van der Waals surface area contributed by atoms with Gasteiger partial charge in [-0.2, -0.15) is 0 Å². The quantitative estimate of drug-likeness (QED) is 0.764. The highest BCUT2D eigenvalue weighted by atomic mass is 35.5. The van der Waals surface area contributed by atoms with E-state index >= 15 is 0 Å². The molecule has 78 valence electrons. The van der Waals surface area contributed by atoms with Crippen LogP contribution >= 0.6 is 11.6 Å². The Kier molecular flexibility index (Phi) is 2.75. The van der Waals surface area contributed by atoms with Crippen LogP contribution in [0.4, 0.5) is 5.69 Å². The Balaban J connectivity index is 2.52. The molecule has 1 heterocycles. The summed E-state index contributed by atoms with van der Waals surface area (Å²) in [5.41, 5.74) is 1.78. The zero-order valence-corrected chi connectivity index (χ0v) is 9.01. The number of halogens is 1. The lowest BCUT2D eigenvalue weighted by molar-refractivity contribution is -0.111. The van der Waals surface area contributed by atoms with Crippen molar-refractivity contribution in [2.45, 2.75) is 6.04 Å². The van der Waals surface area contributed by atoms with E-state index < -0.39 is 0 Å². The lowest BCUT2D eigenvalue weighted by Crippen LogP contribution is -2.14. The molecule has 1 aromatic rings. The lowest BCUT2D eigenvalue weighted by atomic mass is 10.1. The van der Waals surface area contributed by atoms with Crippen LogP contribution in [0.3, 0.4) is 0 Å². The van der Waals surface area contributed by atoms with Crippen molar-refractivity contribution in [3.05, 3.63) is 40.9 Å². The first-order chi connectivity index (χ1) is 7.20. The summed E-state index contributed by atoms with van der Waals surface area (Å²) in [6.07, 6.45) is 3.34. The van der Waals surface area contributed by atoms with Crippen molar-refractivity contribution in [2.24, 2.45) is 0 Å². The normalized spacial score (nSPS) is 19.3. The molecule has 15 heavy (non-hydrogen) atoms. The van der Waals surface area contributed by atoms with Gasteiger partial charge < -0.3 is 10.6 Å². The van der Waals surface area contributed by atoms with E-state index in [1.165, 1.54) is 6.08 Å². The fraction of sp³-hybridized carbons (Fsp3) is 0.182. The van der Waals surface area contributed by atoms with Crippen LogP contribution in [-0.2, 0) is 4.79 Å². The minimum Gasteiger partial charge on any atom is -0.322 e. The van der Waals surface area contributed by atoms with Crippen LogP contribution in [0.1, 0.15) is 11.6 Å². The second-order valence-corrected chi connectivity index (χ2v) is 3.78. The van der Waals surface area contributed by atoms with Crippen molar-refractivity contribution in [2.75, 3.05) is 12.4 Å². The molecule has 1 amide bonds. The smallest absolute Gasteiger partial charge is 0.248 e. The van der Waals surface area contributed by atoms with Crippen molar-refractivity contribution in [3.63, 3.8) is 0 Å². The number of nitrogens with one attached hydrogen (secondary N) is 2. The van der Waals surface area contributed by atoms with Crippen molar-refractivity contribution in [1.29, 1.82) is 0 Å². The summed E-state index contributed by atoms with van der Waals surface area (Å²) >= 11 is 5.92. The largest absolute Gasteiger partial charge is 0.322 e. The maximum absolute atomic E-state index is 11.3. The third kappa shape index (κ3) is 2.03. The molecule has 3 nitrogen and oxygen atoms in total. The first kappa shape index (κ1) is 10.2. The average Bonchev–Trinajstić information content (AvgIpc) is 2.37. The Morgan fingerprint density at radius 1 is 1.47 bits per heavy atom. The van der Waals surface area contributed by atoms with Crippen LogP contribution in [0.25, 0.3) is 0 Å². The van der Waals surface area contributed by atoms with Crippen LogP contribution in [0.15, 0.2) is 30.4 Å². The number of anilines is 1. The molecule has 2 rings (SSSR count). The van der Waals surface area contributed by atoms with Gasteiger partial charge in [0.25, 0.3) is 0 Å². The van der Waals surface area contributed by atoms with Crippen molar-refractivity contribution < 1.29 is 4.79 Å². The SMILES string of the molecule is CNC1C=CC(=O)Nc2ccc(Cl)cc21. The molecule has 1 aliphatic rings. The van der Waals surface area contributed by atoms with Crippen molar-refractivity contribution in [3.8, 4) is 0 Å². The van der Waals surface area contributed by atoms with Gasteiger partial charge in [0, 0.05) is 16.8 Å². The number of rotatable bonds is 1. The van der Waals surface area contributed by atoms with E-state index in [1.54, 1.807) is 6.07 Å². The van der Waals surface area contributed by atoms with Crippen LogP contribution < -0.4 is 10.6 Å². The molecule has 0 aromatic heterocycles. The van der Waals surface area contributed by atoms with E-state index in [4.69, 9.17) is 11.6 Å². The maximum Gasteiger partial charge on any atom is 0.248 e. The third-order valence-corrected chi connectivity index (χ3v) is 2.59. The topological polar surface area (TPSA) is 41.1 Å². The van der Waals surface area contributed by atoms with Gasteiger partial charge in [-0.15, -0.1) is 0 Å². The molecular weight excluding hydrogens is 212 g/mol. The van der Waals surface area contributed by atoms with Gasteiger partial charge in [0.15, 0.2) is 0 Å². The van der Waals surface area contributed by atoms with Crippen LogP contribution in [0.5, 0.6) is 0 Å². The van der Waals surface area contributed by atoms with E-state index in [2.05, 4.69) is 10.6 Å². The molecule has 1 aliphatic heterocycles. The maximum atomic E-state index is 11.3. The Labute approximate surface area is 93.1 Å². The zero-order valence-electron chi connectivity index (χ0n) is 8.25. The summed E-state index contributed by atoms with van der Waals surface area (Å²) in [5, 5.41) is 6.57. The molecule has 1 aromatic carbocycles.